The van der Waals surface area contributed by atoms with Gasteiger partial charge >= 0.3 is 0 Å². The van der Waals surface area contributed by atoms with Crippen LogP contribution in [-0.2, 0) is 0 Å². The molecule has 0 saturated carbocycles. The summed E-state index contributed by atoms with van der Waals surface area (Å²) in [5.41, 5.74) is 0.693. The number of aryl methyl sites for hydroxylation is 1. The van der Waals surface area contributed by atoms with E-state index in [1.165, 1.54) is 12.1 Å². The number of phenols is 1. The quantitative estimate of drug-likeness (QED) is 0.752. The maximum absolute atomic E-state index is 13.2. The predicted octanol–water partition coefficient (Wildman–Crippen LogP) is 2.91. The fourth-order valence-electron chi connectivity index (χ4n) is 1.14. The van der Waals surface area contributed by atoms with Gasteiger partial charge in [-0.1, -0.05) is 6.92 Å². The van der Waals surface area contributed by atoms with Crippen molar-refractivity contribution in [3.8, 4) is 5.75 Å². The molecule has 0 amide bonds. The van der Waals surface area contributed by atoms with Gasteiger partial charge in [0.2, 0.25) is 0 Å². The maximum atomic E-state index is 13.2. The monoisotopic (exact) mass is 186 g/mol. The second kappa shape index (κ2) is 3.73. The third kappa shape index (κ3) is 1.97. The number of alkyl halides is 1. The lowest BCUT2D eigenvalue weighted by atomic mass is 10.00. The topological polar surface area (TPSA) is 20.2 Å². The first kappa shape index (κ1) is 9.96. The zero-order chi connectivity index (χ0) is 10.0. The molecule has 0 aromatic heterocycles. The SMILES string of the molecule is Cc1cc(F)c(C(C)CF)cc1O. The van der Waals surface area contributed by atoms with Gasteiger partial charge in [-0.3, -0.25) is 4.39 Å². The van der Waals surface area contributed by atoms with Crippen molar-refractivity contribution in [1.82, 2.24) is 0 Å². The molecule has 0 aliphatic heterocycles. The minimum Gasteiger partial charge on any atom is -0.508 e. The first-order valence-corrected chi connectivity index (χ1v) is 4.11. The van der Waals surface area contributed by atoms with Gasteiger partial charge in [-0.15, -0.1) is 0 Å². The molecule has 0 fully saturated rings. The van der Waals surface area contributed by atoms with E-state index in [0.717, 1.165) is 0 Å². The van der Waals surface area contributed by atoms with Crippen LogP contribution in [0.25, 0.3) is 0 Å². The Bertz CT molecular complexity index is 310. The van der Waals surface area contributed by atoms with E-state index in [0.29, 0.717) is 5.56 Å². The second-order valence-corrected chi connectivity index (χ2v) is 3.22. The summed E-state index contributed by atoms with van der Waals surface area (Å²) in [6.07, 6.45) is 0. The minimum atomic E-state index is -0.626. The van der Waals surface area contributed by atoms with E-state index in [2.05, 4.69) is 0 Å². The Morgan fingerprint density at radius 1 is 1.46 bits per heavy atom. The Kier molecular flexibility index (Phi) is 2.86. The lowest BCUT2D eigenvalue weighted by molar-refractivity contribution is 0.430. The van der Waals surface area contributed by atoms with Crippen LogP contribution < -0.4 is 0 Å². The third-order valence-corrected chi connectivity index (χ3v) is 2.08. The van der Waals surface area contributed by atoms with Crippen LogP contribution in [0.5, 0.6) is 5.75 Å². The average molecular weight is 186 g/mol. The Labute approximate surface area is 76.0 Å². The van der Waals surface area contributed by atoms with E-state index in [9.17, 15) is 13.9 Å². The van der Waals surface area contributed by atoms with Crippen molar-refractivity contribution in [3.63, 3.8) is 0 Å². The standard InChI is InChI=1S/C10H12F2O/c1-6-3-9(12)8(4-10(6)13)7(2)5-11/h3-4,7,13H,5H2,1-2H3. The number of hydrogen-bond acceptors (Lipinski definition) is 1. The smallest absolute Gasteiger partial charge is 0.127 e. The molecule has 1 atom stereocenters. The van der Waals surface area contributed by atoms with Crippen LogP contribution in [-0.4, -0.2) is 11.8 Å². The molecule has 0 saturated heterocycles. The summed E-state index contributed by atoms with van der Waals surface area (Å²) in [5.74, 6) is -0.955. The summed E-state index contributed by atoms with van der Waals surface area (Å²) in [6, 6.07) is 2.51. The summed E-state index contributed by atoms with van der Waals surface area (Å²) < 4.78 is 25.4. The number of hydrogen-bond donors (Lipinski definition) is 1. The fraction of sp³-hybridized carbons (Fsp3) is 0.400. The van der Waals surface area contributed by atoms with E-state index in [4.69, 9.17) is 0 Å². The van der Waals surface area contributed by atoms with Crippen LogP contribution in [0, 0.1) is 12.7 Å². The van der Waals surface area contributed by atoms with Crippen molar-refractivity contribution < 1.29 is 13.9 Å². The highest BCUT2D eigenvalue weighted by atomic mass is 19.1. The molecule has 13 heavy (non-hydrogen) atoms. The molecule has 1 aromatic carbocycles. The maximum Gasteiger partial charge on any atom is 0.127 e. The van der Waals surface area contributed by atoms with Crippen molar-refractivity contribution in [1.29, 1.82) is 0 Å². The average Bonchev–Trinajstić information content (AvgIpc) is 2.10. The number of phenolic OH excluding ortho intramolecular Hbond substituents is 1. The number of aromatic hydroxyl groups is 1. The molecule has 0 radical (unpaired) electrons. The molecule has 1 aromatic rings. The van der Waals surface area contributed by atoms with Gasteiger partial charge in [-0.25, -0.2) is 4.39 Å². The molecule has 1 nitrogen and oxygen atoms in total. The summed E-state index contributed by atoms with van der Waals surface area (Å²) >= 11 is 0. The van der Waals surface area contributed by atoms with Gasteiger partial charge in [0.25, 0.3) is 0 Å². The highest BCUT2D eigenvalue weighted by molar-refractivity contribution is 5.37. The van der Waals surface area contributed by atoms with Gasteiger partial charge < -0.3 is 5.11 Å². The van der Waals surface area contributed by atoms with Crippen LogP contribution in [0.1, 0.15) is 24.0 Å². The summed E-state index contributed by atoms with van der Waals surface area (Å²) in [6.45, 7) is 2.55. The fourth-order valence-corrected chi connectivity index (χ4v) is 1.14. The number of halogens is 2. The van der Waals surface area contributed by atoms with Crippen molar-refractivity contribution in [2.24, 2.45) is 0 Å². The molecular weight excluding hydrogens is 174 g/mol. The third-order valence-electron chi connectivity index (χ3n) is 2.08. The minimum absolute atomic E-state index is 0.0108. The molecule has 0 aliphatic rings. The van der Waals surface area contributed by atoms with Crippen LogP contribution in [0.15, 0.2) is 12.1 Å². The predicted molar refractivity (Wildman–Crippen MR) is 47.2 cm³/mol. The van der Waals surface area contributed by atoms with Gasteiger partial charge in [0.05, 0.1) is 6.67 Å². The summed E-state index contributed by atoms with van der Waals surface area (Å²) in [4.78, 5) is 0. The molecule has 1 N–H and O–H groups in total. The van der Waals surface area contributed by atoms with Gasteiger partial charge in [0.15, 0.2) is 0 Å². The van der Waals surface area contributed by atoms with E-state index in [1.54, 1.807) is 13.8 Å². The highest BCUT2D eigenvalue weighted by Crippen LogP contribution is 2.26. The van der Waals surface area contributed by atoms with Crippen LogP contribution in [0.2, 0.25) is 0 Å². The van der Waals surface area contributed by atoms with Gasteiger partial charge in [-0.05, 0) is 30.2 Å². The molecule has 1 rings (SSSR count). The summed E-state index contributed by atoms with van der Waals surface area (Å²) in [5, 5.41) is 9.28. The van der Waals surface area contributed by atoms with E-state index < -0.39 is 18.4 Å². The number of rotatable bonds is 2. The van der Waals surface area contributed by atoms with Crippen molar-refractivity contribution in [3.05, 3.63) is 29.1 Å². The van der Waals surface area contributed by atoms with Crippen LogP contribution in [0.4, 0.5) is 8.78 Å². The largest absolute Gasteiger partial charge is 0.508 e. The molecule has 0 aliphatic carbocycles. The van der Waals surface area contributed by atoms with Gasteiger partial charge in [-0.2, -0.15) is 0 Å². The van der Waals surface area contributed by atoms with Crippen LogP contribution in [0.3, 0.4) is 0 Å². The molecule has 0 spiro atoms. The highest BCUT2D eigenvalue weighted by Gasteiger charge is 2.12. The zero-order valence-electron chi connectivity index (χ0n) is 7.64. The summed E-state index contributed by atoms with van der Waals surface area (Å²) in [7, 11) is 0. The van der Waals surface area contributed by atoms with E-state index in [1.807, 2.05) is 0 Å². The van der Waals surface area contributed by atoms with Crippen molar-refractivity contribution >= 4 is 0 Å². The zero-order valence-corrected chi connectivity index (χ0v) is 7.64. The lowest BCUT2D eigenvalue weighted by Crippen LogP contribution is -1.99. The van der Waals surface area contributed by atoms with Crippen molar-refractivity contribution in [2.75, 3.05) is 6.67 Å². The van der Waals surface area contributed by atoms with E-state index >= 15 is 0 Å². The molecule has 0 heterocycles. The molecular formula is C10H12F2O. The Morgan fingerprint density at radius 3 is 2.62 bits per heavy atom. The molecule has 0 bridgehead atoms. The lowest BCUT2D eigenvalue weighted by Gasteiger charge is -2.10. The molecule has 1 unspecified atom stereocenters. The number of benzene rings is 1. The Morgan fingerprint density at radius 2 is 2.08 bits per heavy atom. The van der Waals surface area contributed by atoms with Gasteiger partial charge in [0.1, 0.15) is 11.6 Å². The van der Waals surface area contributed by atoms with E-state index in [-0.39, 0.29) is 11.3 Å². The first-order valence-electron chi connectivity index (χ1n) is 4.11. The first-order chi connectivity index (χ1) is 6.06. The normalized spacial score (nSPS) is 12.9. The van der Waals surface area contributed by atoms with Gasteiger partial charge in [0, 0.05) is 5.92 Å². The Hall–Kier alpha value is -1.12. The van der Waals surface area contributed by atoms with Crippen LogP contribution >= 0.6 is 0 Å². The van der Waals surface area contributed by atoms with Crippen molar-refractivity contribution in [2.45, 2.75) is 19.8 Å². The second-order valence-electron chi connectivity index (χ2n) is 3.22. The molecule has 72 valence electrons. The Balaban J connectivity index is 3.15. The molecule has 3 heteroatoms.